The van der Waals surface area contributed by atoms with Crippen molar-refractivity contribution in [3.63, 3.8) is 0 Å². The van der Waals surface area contributed by atoms with E-state index in [2.05, 4.69) is 5.32 Å². The predicted molar refractivity (Wildman–Crippen MR) is 104 cm³/mol. The van der Waals surface area contributed by atoms with Crippen LogP contribution in [0.15, 0.2) is 48.5 Å². The molecule has 0 spiro atoms. The van der Waals surface area contributed by atoms with Crippen LogP contribution in [-0.4, -0.2) is 43.5 Å². The number of carbonyl (C=O) groups is 2. The fourth-order valence-corrected chi connectivity index (χ4v) is 3.49. The van der Waals surface area contributed by atoms with Gasteiger partial charge in [0.05, 0.1) is 13.0 Å². The molecule has 1 unspecified atom stereocenters. The minimum absolute atomic E-state index is 0.0100. The molecule has 6 heteroatoms. The zero-order valence-corrected chi connectivity index (χ0v) is 16.0. The van der Waals surface area contributed by atoms with Gasteiger partial charge in [0, 0.05) is 26.1 Å². The molecule has 0 aliphatic carbocycles. The lowest BCUT2D eigenvalue weighted by molar-refractivity contribution is -0.129. The Morgan fingerprint density at radius 3 is 2.61 bits per heavy atom. The Hall–Kier alpha value is -2.89. The lowest BCUT2D eigenvalue weighted by atomic mass is 10.1. The van der Waals surface area contributed by atoms with Gasteiger partial charge in [-0.1, -0.05) is 36.4 Å². The van der Waals surface area contributed by atoms with Crippen molar-refractivity contribution in [1.82, 2.24) is 10.2 Å². The highest BCUT2D eigenvalue weighted by atomic mass is 19.1. The minimum Gasteiger partial charge on any atom is -0.496 e. The van der Waals surface area contributed by atoms with Crippen molar-refractivity contribution in [3.8, 4) is 5.75 Å². The summed E-state index contributed by atoms with van der Waals surface area (Å²) in [6.07, 6.45) is 1.32. The SMILES string of the molecule is COc1ccccc1CCN1CC(C(=O)NCCc2ccccc2F)CC1=O. The molecule has 1 aliphatic heterocycles. The van der Waals surface area contributed by atoms with Crippen molar-refractivity contribution in [2.75, 3.05) is 26.7 Å². The maximum Gasteiger partial charge on any atom is 0.225 e. The molecule has 28 heavy (non-hydrogen) atoms. The number of nitrogens with one attached hydrogen (secondary N) is 1. The van der Waals surface area contributed by atoms with E-state index in [0.717, 1.165) is 11.3 Å². The molecular weight excluding hydrogens is 359 g/mol. The first kappa shape index (κ1) is 19.9. The van der Waals surface area contributed by atoms with Gasteiger partial charge in [-0.3, -0.25) is 9.59 Å². The molecule has 5 nitrogen and oxygen atoms in total. The van der Waals surface area contributed by atoms with E-state index in [1.807, 2.05) is 24.3 Å². The Morgan fingerprint density at radius 1 is 1.14 bits per heavy atom. The van der Waals surface area contributed by atoms with Gasteiger partial charge in [0.2, 0.25) is 11.8 Å². The molecule has 0 radical (unpaired) electrons. The molecule has 1 aliphatic rings. The molecule has 1 N–H and O–H groups in total. The Balaban J connectivity index is 1.47. The molecule has 2 amide bonds. The predicted octanol–water partition coefficient (Wildman–Crippen LogP) is 2.58. The summed E-state index contributed by atoms with van der Waals surface area (Å²) < 4.78 is 19.0. The molecule has 3 rings (SSSR count). The fraction of sp³-hybridized carbons (Fsp3) is 0.364. The van der Waals surface area contributed by atoms with Gasteiger partial charge in [-0.15, -0.1) is 0 Å². The highest BCUT2D eigenvalue weighted by Crippen LogP contribution is 2.21. The first-order valence-corrected chi connectivity index (χ1v) is 9.49. The summed E-state index contributed by atoms with van der Waals surface area (Å²) >= 11 is 0. The van der Waals surface area contributed by atoms with E-state index in [0.29, 0.717) is 38.0 Å². The van der Waals surface area contributed by atoms with E-state index in [9.17, 15) is 14.0 Å². The van der Waals surface area contributed by atoms with Crippen LogP contribution in [0.4, 0.5) is 4.39 Å². The molecule has 2 aromatic rings. The van der Waals surface area contributed by atoms with E-state index >= 15 is 0 Å². The van der Waals surface area contributed by atoms with Gasteiger partial charge in [0.1, 0.15) is 11.6 Å². The third-order valence-electron chi connectivity index (χ3n) is 5.08. The number of amides is 2. The first-order chi connectivity index (χ1) is 13.6. The Morgan fingerprint density at radius 2 is 1.86 bits per heavy atom. The van der Waals surface area contributed by atoms with E-state index in [1.165, 1.54) is 6.07 Å². The largest absolute Gasteiger partial charge is 0.496 e. The third-order valence-corrected chi connectivity index (χ3v) is 5.08. The van der Waals surface area contributed by atoms with Crippen molar-refractivity contribution < 1.29 is 18.7 Å². The number of hydrogen-bond donors (Lipinski definition) is 1. The smallest absolute Gasteiger partial charge is 0.225 e. The zero-order valence-electron chi connectivity index (χ0n) is 16.0. The molecule has 1 atom stereocenters. The van der Waals surface area contributed by atoms with Crippen LogP contribution in [0.5, 0.6) is 5.75 Å². The Bertz CT molecular complexity index is 840. The van der Waals surface area contributed by atoms with Crippen molar-refractivity contribution in [3.05, 3.63) is 65.5 Å². The summed E-state index contributed by atoms with van der Waals surface area (Å²) in [5, 5.41) is 2.83. The average Bonchev–Trinajstić information content (AvgIpc) is 3.08. The second kappa shape index (κ2) is 9.35. The normalized spacial score (nSPS) is 16.3. The minimum atomic E-state index is -0.356. The van der Waals surface area contributed by atoms with Gasteiger partial charge in [-0.2, -0.15) is 0 Å². The van der Waals surface area contributed by atoms with Gasteiger partial charge < -0.3 is 15.0 Å². The second-order valence-corrected chi connectivity index (χ2v) is 6.94. The summed E-state index contributed by atoms with van der Waals surface area (Å²) in [5.41, 5.74) is 1.61. The second-order valence-electron chi connectivity index (χ2n) is 6.94. The number of carbonyl (C=O) groups excluding carboxylic acids is 2. The summed E-state index contributed by atoms with van der Waals surface area (Å²) in [6, 6.07) is 14.3. The van der Waals surface area contributed by atoms with Crippen LogP contribution in [0, 0.1) is 11.7 Å². The monoisotopic (exact) mass is 384 g/mol. The lowest BCUT2D eigenvalue weighted by Gasteiger charge is -2.17. The van der Waals surface area contributed by atoms with Crippen LogP contribution in [-0.2, 0) is 22.4 Å². The van der Waals surface area contributed by atoms with Crippen LogP contribution >= 0.6 is 0 Å². The maximum absolute atomic E-state index is 13.6. The summed E-state index contributed by atoms with van der Waals surface area (Å²) in [4.78, 5) is 26.4. The number of para-hydroxylation sites is 1. The van der Waals surface area contributed by atoms with E-state index in [4.69, 9.17) is 4.74 Å². The standard InChI is InChI=1S/C22H25FN2O3/c1-28-20-9-5-3-7-17(20)11-13-25-15-18(14-21(25)26)22(27)24-12-10-16-6-2-4-8-19(16)23/h2-9,18H,10-15H2,1H3,(H,24,27). The zero-order chi connectivity index (χ0) is 19.9. The number of rotatable bonds is 8. The number of benzene rings is 2. The number of methoxy groups -OCH3 is 1. The topological polar surface area (TPSA) is 58.6 Å². The van der Waals surface area contributed by atoms with Crippen molar-refractivity contribution in [1.29, 1.82) is 0 Å². The molecule has 1 fully saturated rings. The van der Waals surface area contributed by atoms with Crippen LogP contribution in [0.1, 0.15) is 17.5 Å². The fourth-order valence-electron chi connectivity index (χ4n) is 3.49. The average molecular weight is 384 g/mol. The number of halogens is 1. The molecule has 1 saturated heterocycles. The third kappa shape index (κ3) is 4.88. The first-order valence-electron chi connectivity index (χ1n) is 9.49. The number of nitrogens with zero attached hydrogens (tertiary/aromatic N) is 1. The number of likely N-dealkylation sites (tertiary alicyclic amines) is 1. The summed E-state index contributed by atoms with van der Waals surface area (Å²) in [7, 11) is 1.63. The van der Waals surface area contributed by atoms with E-state index in [1.54, 1.807) is 30.2 Å². The van der Waals surface area contributed by atoms with E-state index < -0.39 is 0 Å². The molecule has 0 bridgehead atoms. The van der Waals surface area contributed by atoms with Gasteiger partial charge in [0.15, 0.2) is 0 Å². The maximum atomic E-state index is 13.6. The molecule has 1 heterocycles. The van der Waals surface area contributed by atoms with Gasteiger partial charge in [-0.25, -0.2) is 4.39 Å². The van der Waals surface area contributed by atoms with Crippen LogP contribution in [0.2, 0.25) is 0 Å². The van der Waals surface area contributed by atoms with Gasteiger partial charge >= 0.3 is 0 Å². The van der Waals surface area contributed by atoms with E-state index in [-0.39, 0.29) is 30.0 Å². The molecule has 0 saturated carbocycles. The van der Waals surface area contributed by atoms with Gasteiger partial charge in [0.25, 0.3) is 0 Å². The highest BCUT2D eigenvalue weighted by Gasteiger charge is 2.33. The Labute approximate surface area is 164 Å². The molecule has 148 valence electrons. The van der Waals surface area contributed by atoms with Crippen molar-refractivity contribution in [2.45, 2.75) is 19.3 Å². The summed E-state index contributed by atoms with van der Waals surface area (Å²) in [6.45, 7) is 1.32. The highest BCUT2D eigenvalue weighted by molar-refractivity contribution is 5.89. The Kier molecular flexibility index (Phi) is 6.63. The van der Waals surface area contributed by atoms with Gasteiger partial charge in [-0.05, 0) is 36.1 Å². The van der Waals surface area contributed by atoms with Crippen LogP contribution < -0.4 is 10.1 Å². The molecular formula is C22H25FN2O3. The molecule has 2 aromatic carbocycles. The number of hydrogen-bond acceptors (Lipinski definition) is 3. The van der Waals surface area contributed by atoms with Crippen molar-refractivity contribution in [2.24, 2.45) is 5.92 Å². The lowest BCUT2D eigenvalue weighted by Crippen LogP contribution is -2.34. The van der Waals surface area contributed by atoms with Crippen LogP contribution in [0.3, 0.4) is 0 Å². The van der Waals surface area contributed by atoms with Crippen molar-refractivity contribution >= 4 is 11.8 Å². The quantitative estimate of drug-likeness (QED) is 0.761. The summed E-state index contributed by atoms with van der Waals surface area (Å²) in [5.74, 6) is 0.0197. The van der Waals surface area contributed by atoms with Crippen LogP contribution in [0.25, 0.3) is 0 Å². The molecule has 0 aromatic heterocycles. The number of ether oxygens (including phenoxy) is 1.